The number of rotatable bonds is 8. The molecular formula is C19H26N4O4. The molecule has 0 radical (unpaired) electrons. The molecule has 0 unspecified atom stereocenters. The highest BCUT2D eigenvalue weighted by molar-refractivity contribution is 5.99. The maximum absolute atomic E-state index is 12.3. The Bertz CT molecular complexity index is 707. The van der Waals surface area contributed by atoms with Crippen molar-refractivity contribution in [3.05, 3.63) is 35.9 Å². The van der Waals surface area contributed by atoms with Crippen molar-refractivity contribution in [2.75, 3.05) is 0 Å². The van der Waals surface area contributed by atoms with Gasteiger partial charge in [-0.25, -0.2) is 0 Å². The van der Waals surface area contributed by atoms with Crippen LogP contribution in [0.1, 0.15) is 32.3 Å². The van der Waals surface area contributed by atoms with Crippen molar-refractivity contribution in [2.24, 2.45) is 11.7 Å². The normalized spacial score (nSPS) is 21.6. The first-order chi connectivity index (χ1) is 12.8. The molecule has 1 aliphatic rings. The Labute approximate surface area is 158 Å². The van der Waals surface area contributed by atoms with Gasteiger partial charge in [-0.05, 0) is 11.5 Å². The first kappa shape index (κ1) is 20.4. The number of carbonyl (C=O) groups is 4. The monoisotopic (exact) mass is 374 g/mol. The summed E-state index contributed by atoms with van der Waals surface area (Å²) in [5.74, 6) is -2.04. The van der Waals surface area contributed by atoms with E-state index >= 15 is 0 Å². The van der Waals surface area contributed by atoms with Gasteiger partial charge < -0.3 is 21.7 Å². The molecule has 0 bridgehead atoms. The summed E-state index contributed by atoms with van der Waals surface area (Å²) >= 11 is 0. The molecule has 0 aliphatic carbocycles. The molecule has 1 aromatic carbocycles. The van der Waals surface area contributed by atoms with Crippen LogP contribution in [0.2, 0.25) is 0 Å². The lowest BCUT2D eigenvalue weighted by molar-refractivity contribution is -0.138. The van der Waals surface area contributed by atoms with Gasteiger partial charge in [-0.3, -0.25) is 19.2 Å². The van der Waals surface area contributed by atoms with Crippen molar-refractivity contribution in [3.63, 3.8) is 0 Å². The zero-order valence-electron chi connectivity index (χ0n) is 15.5. The first-order valence-electron chi connectivity index (χ1n) is 9.05. The standard InChI is InChI=1S/C19H26N4O4/c1-3-11(2)16(17(20)25)23-15(24)10-14-19(27)21-13(18(26)22-14)9-12-7-5-4-6-8-12/h4-8,11,13-14,16H,3,9-10H2,1-2H3,(H2,20,25)(H,21,27)(H,22,26)(H,23,24)/t11-,13-,14-,16+/m0/s1. The van der Waals surface area contributed by atoms with E-state index in [4.69, 9.17) is 5.73 Å². The minimum Gasteiger partial charge on any atom is -0.368 e. The van der Waals surface area contributed by atoms with Gasteiger partial charge in [0, 0.05) is 6.42 Å². The number of amides is 4. The lowest BCUT2D eigenvalue weighted by atomic mass is 9.97. The van der Waals surface area contributed by atoms with E-state index in [1.165, 1.54) is 0 Å². The van der Waals surface area contributed by atoms with Crippen molar-refractivity contribution < 1.29 is 19.2 Å². The van der Waals surface area contributed by atoms with Crippen molar-refractivity contribution in [1.29, 1.82) is 0 Å². The topological polar surface area (TPSA) is 130 Å². The third-order valence-electron chi connectivity index (χ3n) is 4.77. The maximum atomic E-state index is 12.3. The second-order valence-corrected chi connectivity index (χ2v) is 6.85. The van der Waals surface area contributed by atoms with Crippen molar-refractivity contribution in [2.45, 2.75) is 51.2 Å². The summed E-state index contributed by atoms with van der Waals surface area (Å²) < 4.78 is 0. The number of hydrogen-bond donors (Lipinski definition) is 4. The maximum Gasteiger partial charge on any atom is 0.243 e. The molecular weight excluding hydrogens is 348 g/mol. The summed E-state index contributed by atoms with van der Waals surface area (Å²) in [6.07, 6.45) is 0.778. The van der Waals surface area contributed by atoms with Crippen molar-refractivity contribution >= 4 is 23.6 Å². The molecule has 8 nitrogen and oxygen atoms in total. The fourth-order valence-corrected chi connectivity index (χ4v) is 2.96. The van der Waals surface area contributed by atoms with Gasteiger partial charge in [0.1, 0.15) is 18.1 Å². The van der Waals surface area contributed by atoms with E-state index in [1.54, 1.807) is 6.92 Å². The van der Waals surface area contributed by atoms with E-state index < -0.39 is 35.8 Å². The lowest BCUT2D eigenvalue weighted by Gasteiger charge is -2.30. The van der Waals surface area contributed by atoms with Crippen LogP contribution in [0.25, 0.3) is 0 Å². The van der Waals surface area contributed by atoms with Gasteiger partial charge in [0.2, 0.25) is 23.6 Å². The highest BCUT2D eigenvalue weighted by atomic mass is 16.2. The third-order valence-corrected chi connectivity index (χ3v) is 4.77. The predicted octanol–water partition coefficient (Wildman–Crippen LogP) is -0.381. The largest absolute Gasteiger partial charge is 0.368 e. The number of nitrogens with two attached hydrogens (primary N) is 1. The number of carbonyl (C=O) groups excluding carboxylic acids is 4. The molecule has 1 fully saturated rings. The highest BCUT2D eigenvalue weighted by Crippen LogP contribution is 2.10. The van der Waals surface area contributed by atoms with Gasteiger partial charge in [-0.2, -0.15) is 0 Å². The zero-order chi connectivity index (χ0) is 20.0. The van der Waals surface area contributed by atoms with Crippen molar-refractivity contribution in [3.8, 4) is 0 Å². The van der Waals surface area contributed by atoms with Crippen LogP contribution in [-0.4, -0.2) is 41.8 Å². The molecule has 0 aromatic heterocycles. The van der Waals surface area contributed by atoms with Gasteiger partial charge in [0.15, 0.2) is 0 Å². The summed E-state index contributed by atoms with van der Waals surface area (Å²) in [5, 5.41) is 7.80. The van der Waals surface area contributed by atoms with Crippen LogP contribution in [0.5, 0.6) is 0 Å². The summed E-state index contributed by atoms with van der Waals surface area (Å²) in [5.41, 5.74) is 6.26. The summed E-state index contributed by atoms with van der Waals surface area (Å²) in [6, 6.07) is 6.87. The van der Waals surface area contributed by atoms with Gasteiger partial charge in [0.25, 0.3) is 0 Å². The van der Waals surface area contributed by atoms with E-state index in [0.717, 1.165) is 5.56 Å². The Kier molecular flexibility index (Phi) is 6.92. The molecule has 4 atom stereocenters. The quantitative estimate of drug-likeness (QED) is 0.494. The summed E-state index contributed by atoms with van der Waals surface area (Å²) in [4.78, 5) is 48.3. The molecule has 8 heteroatoms. The minimum absolute atomic E-state index is 0.128. The SMILES string of the molecule is CC[C@H](C)[C@@H](NC(=O)C[C@@H]1NC(=O)[C@H](Cc2ccccc2)NC1=O)C(N)=O. The molecule has 146 valence electrons. The van der Waals surface area contributed by atoms with E-state index in [0.29, 0.717) is 12.8 Å². The smallest absolute Gasteiger partial charge is 0.243 e. The predicted molar refractivity (Wildman–Crippen MR) is 99.2 cm³/mol. The Morgan fingerprint density at radius 2 is 1.70 bits per heavy atom. The zero-order valence-corrected chi connectivity index (χ0v) is 15.5. The molecule has 0 spiro atoms. The van der Waals surface area contributed by atoms with E-state index in [1.807, 2.05) is 37.3 Å². The molecule has 5 N–H and O–H groups in total. The second kappa shape index (κ2) is 9.16. The molecule has 1 saturated heterocycles. The Morgan fingerprint density at radius 1 is 1.11 bits per heavy atom. The van der Waals surface area contributed by atoms with Crippen LogP contribution in [0.4, 0.5) is 0 Å². The van der Waals surface area contributed by atoms with E-state index in [2.05, 4.69) is 16.0 Å². The van der Waals surface area contributed by atoms with Crippen LogP contribution in [-0.2, 0) is 25.6 Å². The van der Waals surface area contributed by atoms with Gasteiger partial charge in [0.05, 0.1) is 6.42 Å². The molecule has 2 rings (SSSR count). The molecule has 1 heterocycles. The highest BCUT2D eigenvalue weighted by Gasteiger charge is 2.35. The third kappa shape index (κ3) is 5.54. The average molecular weight is 374 g/mol. The van der Waals surface area contributed by atoms with Crippen LogP contribution in [0.3, 0.4) is 0 Å². The van der Waals surface area contributed by atoms with Crippen molar-refractivity contribution in [1.82, 2.24) is 16.0 Å². The van der Waals surface area contributed by atoms with Gasteiger partial charge in [-0.1, -0.05) is 50.6 Å². The second-order valence-electron chi connectivity index (χ2n) is 6.85. The van der Waals surface area contributed by atoms with Gasteiger partial charge >= 0.3 is 0 Å². The fraction of sp³-hybridized carbons (Fsp3) is 0.474. The number of primary amides is 1. The van der Waals surface area contributed by atoms with E-state index in [9.17, 15) is 19.2 Å². The number of piperazine rings is 1. The number of hydrogen-bond acceptors (Lipinski definition) is 4. The molecule has 27 heavy (non-hydrogen) atoms. The summed E-state index contributed by atoms with van der Waals surface area (Å²) in [6.45, 7) is 3.69. The van der Waals surface area contributed by atoms with Crippen LogP contribution >= 0.6 is 0 Å². The first-order valence-corrected chi connectivity index (χ1v) is 9.05. The van der Waals surface area contributed by atoms with E-state index in [-0.39, 0.29) is 18.2 Å². The molecule has 1 aromatic rings. The molecule has 1 aliphatic heterocycles. The van der Waals surface area contributed by atoms with Gasteiger partial charge in [-0.15, -0.1) is 0 Å². The molecule has 4 amide bonds. The Balaban J connectivity index is 1.93. The van der Waals surface area contributed by atoms with Crippen LogP contribution in [0, 0.1) is 5.92 Å². The Hall–Kier alpha value is -2.90. The Morgan fingerprint density at radius 3 is 2.30 bits per heavy atom. The fourth-order valence-electron chi connectivity index (χ4n) is 2.96. The summed E-state index contributed by atoms with van der Waals surface area (Å²) in [7, 11) is 0. The number of nitrogens with one attached hydrogen (secondary N) is 3. The average Bonchev–Trinajstić information content (AvgIpc) is 2.63. The van der Waals surface area contributed by atoms with Crippen LogP contribution < -0.4 is 21.7 Å². The lowest BCUT2D eigenvalue weighted by Crippen LogP contribution is -2.63. The molecule has 0 saturated carbocycles. The van der Waals surface area contributed by atoms with Crippen LogP contribution in [0.15, 0.2) is 30.3 Å². The number of benzene rings is 1. The minimum atomic E-state index is -0.977.